The van der Waals surface area contributed by atoms with Crippen LogP contribution in [0.5, 0.6) is 5.75 Å². The molecule has 18 heavy (non-hydrogen) atoms. The van der Waals surface area contributed by atoms with Gasteiger partial charge in [-0.05, 0) is 32.1 Å². The van der Waals surface area contributed by atoms with Gasteiger partial charge in [0, 0.05) is 7.05 Å². The first-order valence-electron chi connectivity index (χ1n) is 6.01. The molecule has 0 saturated heterocycles. The van der Waals surface area contributed by atoms with E-state index in [4.69, 9.17) is 9.84 Å². The highest BCUT2D eigenvalue weighted by Crippen LogP contribution is 2.36. The van der Waals surface area contributed by atoms with Crippen molar-refractivity contribution < 1.29 is 14.6 Å². The highest BCUT2D eigenvalue weighted by atomic mass is 16.5. The maximum atomic E-state index is 11.1. The Balaban J connectivity index is 2.27. The quantitative estimate of drug-likeness (QED) is 0.840. The number of benzene rings is 1. The van der Waals surface area contributed by atoms with E-state index in [1.54, 1.807) is 12.1 Å². The van der Waals surface area contributed by atoms with Crippen molar-refractivity contribution in [2.24, 2.45) is 0 Å². The van der Waals surface area contributed by atoms with Crippen LogP contribution in [0.25, 0.3) is 0 Å². The molecule has 0 aromatic heterocycles. The van der Waals surface area contributed by atoms with Gasteiger partial charge in [0.25, 0.3) is 0 Å². The van der Waals surface area contributed by atoms with E-state index in [-0.39, 0.29) is 11.6 Å². The Hall–Kier alpha value is -1.75. The Labute approximate surface area is 106 Å². The molecule has 0 fully saturated rings. The third-order valence-electron chi connectivity index (χ3n) is 3.30. The van der Waals surface area contributed by atoms with Crippen LogP contribution in [0.1, 0.15) is 16.8 Å². The van der Waals surface area contributed by atoms with Crippen molar-refractivity contribution in [1.29, 1.82) is 0 Å². The molecule has 1 aliphatic heterocycles. The van der Waals surface area contributed by atoms with Gasteiger partial charge in [-0.25, -0.2) is 4.79 Å². The van der Waals surface area contributed by atoms with Crippen LogP contribution in [0.4, 0.5) is 5.69 Å². The molecule has 1 aliphatic rings. The fraction of sp³-hybridized carbons (Fsp3) is 0.462. The number of para-hydroxylation sites is 1. The number of fused-ring (bicyclic) bond motifs is 1. The van der Waals surface area contributed by atoms with Crippen molar-refractivity contribution in [2.75, 3.05) is 32.1 Å². The summed E-state index contributed by atoms with van der Waals surface area (Å²) in [5.74, 6) is -0.470. The van der Waals surface area contributed by atoms with Crippen molar-refractivity contribution in [1.82, 2.24) is 5.32 Å². The monoisotopic (exact) mass is 250 g/mol. The minimum absolute atomic E-state index is 0.228. The van der Waals surface area contributed by atoms with Gasteiger partial charge in [0.1, 0.15) is 12.2 Å². The average molecular weight is 250 g/mol. The van der Waals surface area contributed by atoms with Crippen LogP contribution < -0.4 is 15.0 Å². The highest BCUT2D eigenvalue weighted by Gasteiger charge is 2.27. The number of likely N-dealkylation sites (N-methyl/N-ethyl adjacent to an activating group) is 1. The average Bonchev–Trinajstić information content (AvgIpc) is 2.37. The van der Waals surface area contributed by atoms with E-state index in [0.29, 0.717) is 12.4 Å². The largest absolute Gasteiger partial charge is 0.488 e. The van der Waals surface area contributed by atoms with Crippen LogP contribution in [0.2, 0.25) is 0 Å². The van der Waals surface area contributed by atoms with Gasteiger partial charge < -0.3 is 20.1 Å². The summed E-state index contributed by atoms with van der Waals surface area (Å²) in [6.45, 7) is 1.43. The molecule has 0 aliphatic carbocycles. The molecule has 1 unspecified atom stereocenters. The molecule has 1 heterocycles. The summed E-state index contributed by atoms with van der Waals surface area (Å²) in [5.41, 5.74) is 1.08. The summed E-state index contributed by atoms with van der Waals surface area (Å²) in [7, 11) is 3.90. The number of ether oxygens (including phenoxy) is 1. The van der Waals surface area contributed by atoms with Gasteiger partial charge in [-0.15, -0.1) is 0 Å². The molecule has 2 rings (SSSR count). The topological polar surface area (TPSA) is 61.8 Å². The number of carboxylic acid groups (broad SMARTS) is 1. The molecule has 98 valence electrons. The fourth-order valence-corrected chi connectivity index (χ4v) is 2.20. The lowest BCUT2D eigenvalue weighted by atomic mass is 10.1. The summed E-state index contributed by atoms with van der Waals surface area (Å²) in [5, 5.41) is 12.2. The van der Waals surface area contributed by atoms with Gasteiger partial charge in [0.2, 0.25) is 0 Å². The van der Waals surface area contributed by atoms with Gasteiger partial charge in [-0.3, -0.25) is 0 Å². The molecule has 1 atom stereocenters. The van der Waals surface area contributed by atoms with Crippen LogP contribution >= 0.6 is 0 Å². The van der Waals surface area contributed by atoms with Gasteiger partial charge in [-0.1, -0.05) is 6.07 Å². The molecule has 1 aromatic rings. The second kappa shape index (κ2) is 5.27. The Morgan fingerprint density at radius 3 is 3.06 bits per heavy atom. The molecule has 1 aromatic carbocycles. The summed E-state index contributed by atoms with van der Waals surface area (Å²) < 4.78 is 5.65. The molecule has 0 bridgehead atoms. The Bertz CT molecular complexity index is 448. The first-order chi connectivity index (χ1) is 8.65. The van der Waals surface area contributed by atoms with Crippen LogP contribution in [0.15, 0.2) is 18.2 Å². The van der Waals surface area contributed by atoms with Crippen molar-refractivity contribution >= 4 is 11.7 Å². The lowest BCUT2D eigenvalue weighted by molar-refractivity contribution is 0.0691. The number of nitrogens with zero attached hydrogens (tertiary/aromatic N) is 1. The standard InChI is InChI=1S/C13H18N2O3/c1-14-7-6-9-8-18-12-10(13(16)17)4-3-5-11(12)15(9)2/h3-5,9,14H,6-8H2,1-2H3,(H,16,17). The minimum Gasteiger partial charge on any atom is -0.488 e. The van der Waals surface area contributed by atoms with Crippen molar-refractivity contribution in [3.8, 4) is 5.75 Å². The van der Waals surface area contributed by atoms with Crippen LogP contribution in [-0.4, -0.2) is 44.4 Å². The van der Waals surface area contributed by atoms with Crippen LogP contribution in [-0.2, 0) is 0 Å². The van der Waals surface area contributed by atoms with E-state index in [1.807, 2.05) is 20.2 Å². The normalized spacial score (nSPS) is 18.1. The van der Waals surface area contributed by atoms with E-state index in [9.17, 15) is 4.79 Å². The maximum Gasteiger partial charge on any atom is 0.339 e. The van der Waals surface area contributed by atoms with E-state index in [1.165, 1.54) is 0 Å². The van der Waals surface area contributed by atoms with Crippen molar-refractivity contribution in [3.63, 3.8) is 0 Å². The Kier molecular flexibility index (Phi) is 3.72. The Morgan fingerprint density at radius 2 is 2.39 bits per heavy atom. The highest BCUT2D eigenvalue weighted by molar-refractivity contribution is 5.93. The predicted octanol–water partition coefficient (Wildman–Crippen LogP) is 1.19. The second-order valence-corrected chi connectivity index (χ2v) is 4.43. The first-order valence-corrected chi connectivity index (χ1v) is 6.01. The van der Waals surface area contributed by atoms with Gasteiger partial charge in [0.05, 0.1) is 11.7 Å². The van der Waals surface area contributed by atoms with E-state index in [2.05, 4.69) is 10.2 Å². The third-order valence-corrected chi connectivity index (χ3v) is 3.30. The summed E-state index contributed by atoms with van der Waals surface area (Å²) >= 11 is 0. The fourth-order valence-electron chi connectivity index (χ4n) is 2.20. The predicted molar refractivity (Wildman–Crippen MR) is 69.6 cm³/mol. The third kappa shape index (κ3) is 2.26. The lowest BCUT2D eigenvalue weighted by Gasteiger charge is -2.36. The minimum atomic E-state index is -0.950. The zero-order valence-corrected chi connectivity index (χ0v) is 10.6. The van der Waals surface area contributed by atoms with E-state index >= 15 is 0 Å². The molecule has 0 spiro atoms. The van der Waals surface area contributed by atoms with Gasteiger partial charge >= 0.3 is 5.97 Å². The number of hydrogen-bond donors (Lipinski definition) is 2. The number of nitrogens with one attached hydrogen (secondary N) is 1. The molecule has 0 amide bonds. The zero-order chi connectivity index (χ0) is 13.1. The first kappa shape index (κ1) is 12.7. The molecule has 2 N–H and O–H groups in total. The molecule has 5 nitrogen and oxygen atoms in total. The number of carbonyl (C=O) groups is 1. The second-order valence-electron chi connectivity index (χ2n) is 4.43. The molecule has 5 heteroatoms. The molecular weight excluding hydrogens is 232 g/mol. The maximum absolute atomic E-state index is 11.1. The van der Waals surface area contributed by atoms with Crippen molar-refractivity contribution in [2.45, 2.75) is 12.5 Å². The lowest BCUT2D eigenvalue weighted by Crippen LogP contribution is -2.42. The van der Waals surface area contributed by atoms with Crippen LogP contribution in [0.3, 0.4) is 0 Å². The smallest absolute Gasteiger partial charge is 0.339 e. The van der Waals surface area contributed by atoms with Crippen molar-refractivity contribution in [3.05, 3.63) is 23.8 Å². The van der Waals surface area contributed by atoms with E-state index < -0.39 is 5.97 Å². The van der Waals surface area contributed by atoms with Crippen LogP contribution in [0, 0.1) is 0 Å². The summed E-state index contributed by atoms with van der Waals surface area (Å²) in [6.07, 6.45) is 0.962. The number of carboxylic acids is 1. The molecular formula is C13H18N2O3. The number of anilines is 1. The number of hydrogen-bond acceptors (Lipinski definition) is 4. The Morgan fingerprint density at radius 1 is 1.61 bits per heavy atom. The summed E-state index contributed by atoms with van der Waals surface area (Å²) in [6, 6.07) is 5.49. The molecule has 0 radical (unpaired) electrons. The zero-order valence-electron chi connectivity index (χ0n) is 10.6. The SMILES string of the molecule is CNCCC1COc2c(C(=O)O)cccc2N1C. The van der Waals surface area contributed by atoms with Gasteiger partial charge in [0.15, 0.2) is 5.75 Å². The van der Waals surface area contributed by atoms with E-state index in [0.717, 1.165) is 18.7 Å². The number of rotatable bonds is 4. The summed E-state index contributed by atoms with van der Waals surface area (Å²) in [4.78, 5) is 13.2. The number of aromatic carboxylic acids is 1. The van der Waals surface area contributed by atoms with Gasteiger partial charge in [-0.2, -0.15) is 0 Å². The molecule has 0 saturated carbocycles.